The van der Waals surface area contributed by atoms with Crippen LogP contribution in [-0.4, -0.2) is 62.3 Å². The first-order chi connectivity index (χ1) is 7.72. The lowest BCUT2D eigenvalue weighted by Gasteiger charge is -2.32. The number of likely N-dealkylation sites (N-methyl/N-ethyl adjacent to an activating group) is 1. The third kappa shape index (κ3) is 2.36. The Kier molecular flexibility index (Phi) is 3.78. The summed E-state index contributed by atoms with van der Waals surface area (Å²) < 4.78 is 5.50. The number of rotatable bonds is 2. The van der Waals surface area contributed by atoms with Crippen molar-refractivity contribution in [2.24, 2.45) is 0 Å². The van der Waals surface area contributed by atoms with E-state index in [-0.39, 0.29) is 18.1 Å². The molecule has 16 heavy (non-hydrogen) atoms. The molecule has 0 bridgehead atoms. The Hall–Kier alpha value is -0.650. The molecule has 1 amide bonds. The fraction of sp³-hybridized carbons (Fsp3) is 0.909. The topological polar surface area (TPSA) is 53.6 Å². The number of likely N-dealkylation sites (tertiary alicyclic amines) is 1. The van der Waals surface area contributed by atoms with Crippen LogP contribution in [0.4, 0.5) is 0 Å². The van der Waals surface area contributed by atoms with Crippen LogP contribution in [0.1, 0.15) is 13.3 Å². The molecule has 1 unspecified atom stereocenters. The maximum absolute atomic E-state index is 12.2. The van der Waals surface area contributed by atoms with Crippen LogP contribution in [0.5, 0.6) is 0 Å². The van der Waals surface area contributed by atoms with Gasteiger partial charge in [0.15, 0.2) is 0 Å². The van der Waals surface area contributed by atoms with E-state index in [4.69, 9.17) is 4.74 Å². The molecule has 2 rings (SSSR count). The summed E-state index contributed by atoms with van der Waals surface area (Å²) in [6.07, 6.45) is 1.03. The van der Waals surface area contributed by atoms with Crippen LogP contribution >= 0.6 is 0 Å². The molecule has 0 saturated carbocycles. The largest absolute Gasteiger partial charge is 0.375 e. The second kappa shape index (κ2) is 5.12. The van der Waals surface area contributed by atoms with Gasteiger partial charge in [-0.3, -0.25) is 4.79 Å². The van der Waals surface area contributed by atoms with Crippen molar-refractivity contribution >= 4 is 5.91 Å². The van der Waals surface area contributed by atoms with E-state index in [1.807, 2.05) is 18.9 Å². The first-order valence-corrected chi connectivity index (χ1v) is 6.03. The van der Waals surface area contributed by atoms with Crippen molar-refractivity contribution in [1.29, 1.82) is 0 Å². The van der Waals surface area contributed by atoms with E-state index in [0.29, 0.717) is 12.6 Å². The normalized spacial score (nSPS) is 35.4. The lowest BCUT2D eigenvalue weighted by Crippen LogP contribution is -2.56. The Morgan fingerprint density at radius 2 is 2.38 bits per heavy atom. The molecule has 2 N–H and O–H groups in total. The molecule has 3 atom stereocenters. The molecule has 2 aliphatic rings. The number of hydrogen-bond donors (Lipinski definition) is 2. The highest BCUT2D eigenvalue weighted by atomic mass is 16.5. The minimum Gasteiger partial charge on any atom is -0.375 e. The zero-order valence-corrected chi connectivity index (χ0v) is 10.0. The fourth-order valence-electron chi connectivity index (χ4n) is 2.40. The predicted molar refractivity (Wildman–Crippen MR) is 61.2 cm³/mol. The smallest absolute Gasteiger partial charge is 0.242 e. The molecule has 0 aromatic carbocycles. The number of hydrogen-bond acceptors (Lipinski definition) is 4. The van der Waals surface area contributed by atoms with Gasteiger partial charge < -0.3 is 20.3 Å². The number of morpholine rings is 1. The summed E-state index contributed by atoms with van der Waals surface area (Å²) in [5.74, 6) is 0.185. The predicted octanol–water partition coefficient (Wildman–Crippen LogP) is -0.816. The van der Waals surface area contributed by atoms with Crippen LogP contribution in [0, 0.1) is 0 Å². The highest BCUT2D eigenvalue weighted by molar-refractivity contribution is 5.83. The van der Waals surface area contributed by atoms with Gasteiger partial charge in [-0.25, -0.2) is 0 Å². The Morgan fingerprint density at radius 1 is 1.56 bits per heavy atom. The van der Waals surface area contributed by atoms with Crippen molar-refractivity contribution < 1.29 is 9.53 Å². The molecule has 2 aliphatic heterocycles. The number of amides is 1. The molecule has 2 saturated heterocycles. The van der Waals surface area contributed by atoms with Crippen LogP contribution in [0.2, 0.25) is 0 Å². The highest BCUT2D eigenvalue weighted by Crippen LogP contribution is 2.13. The van der Waals surface area contributed by atoms with E-state index in [0.717, 1.165) is 26.1 Å². The third-order valence-electron chi connectivity index (χ3n) is 3.49. The molecule has 92 valence electrons. The van der Waals surface area contributed by atoms with E-state index in [2.05, 4.69) is 10.6 Å². The van der Waals surface area contributed by atoms with E-state index >= 15 is 0 Å². The summed E-state index contributed by atoms with van der Waals surface area (Å²) in [5.41, 5.74) is 0. The summed E-state index contributed by atoms with van der Waals surface area (Å²) >= 11 is 0. The number of carbonyl (C=O) groups is 1. The molecule has 0 radical (unpaired) electrons. The second-order valence-corrected chi connectivity index (χ2v) is 4.57. The van der Waals surface area contributed by atoms with Gasteiger partial charge in [0.1, 0.15) is 6.04 Å². The van der Waals surface area contributed by atoms with Crippen LogP contribution in [-0.2, 0) is 9.53 Å². The molecule has 0 spiro atoms. The van der Waals surface area contributed by atoms with Crippen LogP contribution in [0.3, 0.4) is 0 Å². The highest BCUT2D eigenvalue weighted by Gasteiger charge is 2.34. The molecular weight excluding hydrogens is 206 g/mol. The van der Waals surface area contributed by atoms with E-state index in [9.17, 15) is 4.79 Å². The first-order valence-electron chi connectivity index (χ1n) is 6.03. The van der Waals surface area contributed by atoms with Gasteiger partial charge in [-0.2, -0.15) is 0 Å². The van der Waals surface area contributed by atoms with Gasteiger partial charge >= 0.3 is 0 Å². The lowest BCUT2D eigenvalue weighted by molar-refractivity contribution is -0.138. The first kappa shape index (κ1) is 11.8. The Balaban J connectivity index is 1.91. The molecular formula is C11H21N3O2. The molecule has 5 heteroatoms. The van der Waals surface area contributed by atoms with Crippen LogP contribution in [0.15, 0.2) is 0 Å². The maximum atomic E-state index is 12.2. The van der Waals surface area contributed by atoms with Gasteiger partial charge in [-0.1, -0.05) is 0 Å². The summed E-state index contributed by atoms with van der Waals surface area (Å²) in [7, 11) is 1.95. The van der Waals surface area contributed by atoms with Crippen molar-refractivity contribution in [2.45, 2.75) is 31.5 Å². The van der Waals surface area contributed by atoms with E-state index < -0.39 is 0 Å². The van der Waals surface area contributed by atoms with Crippen LogP contribution < -0.4 is 10.6 Å². The second-order valence-electron chi connectivity index (χ2n) is 4.57. The minimum atomic E-state index is -0.163. The molecule has 5 nitrogen and oxygen atoms in total. The average molecular weight is 227 g/mol. The van der Waals surface area contributed by atoms with E-state index in [1.54, 1.807) is 0 Å². The van der Waals surface area contributed by atoms with Gasteiger partial charge in [-0.05, 0) is 20.4 Å². The molecule has 2 heterocycles. The van der Waals surface area contributed by atoms with E-state index in [1.165, 1.54) is 0 Å². The van der Waals surface area contributed by atoms with Gasteiger partial charge in [0.25, 0.3) is 0 Å². The van der Waals surface area contributed by atoms with Gasteiger partial charge in [-0.15, -0.1) is 0 Å². The van der Waals surface area contributed by atoms with Crippen LogP contribution in [0.25, 0.3) is 0 Å². The Morgan fingerprint density at radius 3 is 3.00 bits per heavy atom. The average Bonchev–Trinajstić information content (AvgIpc) is 2.77. The Labute approximate surface area is 96.5 Å². The van der Waals surface area contributed by atoms with Crippen molar-refractivity contribution in [3.63, 3.8) is 0 Å². The number of nitrogens with zero attached hydrogens (tertiary/aromatic N) is 1. The standard InChI is InChI=1S/C11H21N3O2/c1-8-10(13-4-6-16-8)11(15)14-5-3-9(7-14)12-2/h8-10,12-13H,3-7H2,1-2H3/t8-,9?,10+/m1/s1. The maximum Gasteiger partial charge on any atom is 0.242 e. The molecule has 0 aromatic heterocycles. The number of carbonyl (C=O) groups excluding carboxylic acids is 1. The monoisotopic (exact) mass is 227 g/mol. The third-order valence-corrected chi connectivity index (χ3v) is 3.49. The summed E-state index contributed by atoms with van der Waals surface area (Å²) in [6.45, 7) is 5.10. The summed E-state index contributed by atoms with van der Waals surface area (Å²) in [6, 6.07) is 0.285. The minimum absolute atomic E-state index is 0.0186. The van der Waals surface area contributed by atoms with Crippen molar-refractivity contribution in [3.8, 4) is 0 Å². The summed E-state index contributed by atoms with van der Waals surface area (Å²) in [5, 5.41) is 6.46. The van der Waals surface area contributed by atoms with Gasteiger partial charge in [0.2, 0.25) is 5.91 Å². The SMILES string of the molecule is CNC1CCN(C(=O)[C@H]2NCCO[C@@H]2C)C1. The zero-order chi connectivity index (χ0) is 11.5. The Bertz CT molecular complexity index is 260. The number of nitrogens with one attached hydrogen (secondary N) is 2. The zero-order valence-electron chi connectivity index (χ0n) is 10.0. The summed E-state index contributed by atoms with van der Waals surface area (Å²) in [4.78, 5) is 14.2. The fourth-order valence-corrected chi connectivity index (χ4v) is 2.40. The molecule has 0 aromatic rings. The van der Waals surface area contributed by atoms with Gasteiger partial charge in [0.05, 0.1) is 12.7 Å². The van der Waals surface area contributed by atoms with Crippen molar-refractivity contribution in [1.82, 2.24) is 15.5 Å². The number of ether oxygens (including phenoxy) is 1. The van der Waals surface area contributed by atoms with Crippen molar-refractivity contribution in [2.75, 3.05) is 33.3 Å². The van der Waals surface area contributed by atoms with Crippen molar-refractivity contribution in [3.05, 3.63) is 0 Å². The molecule has 0 aliphatic carbocycles. The lowest BCUT2D eigenvalue weighted by atomic mass is 10.1. The van der Waals surface area contributed by atoms with Gasteiger partial charge in [0, 0.05) is 25.7 Å². The molecule has 2 fully saturated rings. The quantitative estimate of drug-likeness (QED) is 0.647.